The summed E-state index contributed by atoms with van der Waals surface area (Å²) in [5.74, 6) is -1.69. The van der Waals surface area contributed by atoms with Gasteiger partial charge in [0.15, 0.2) is 5.71 Å². The highest BCUT2D eigenvalue weighted by Gasteiger charge is 2.22. The third-order valence-corrected chi connectivity index (χ3v) is 4.64. The molecule has 166 valence electrons. The van der Waals surface area contributed by atoms with Crippen molar-refractivity contribution in [1.82, 2.24) is 15.3 Å². The molecule has 0 unspecified atom stereocenters. The molecule has 0 spiro atoms. The average Bonchev–Trinajstić information content (AvgIpc) is 2.80. The number of para-hydroxylation sites is 1. The third-order valence-electron chi connectivity index (χ3n) is 4.23. The van der Waals surface area contributed by atoms with Crippen LogP contribution in [0.2, 0.25) is 5.02 Å². The fraction of sp³-hybridized carbons (Fsp3) is 0.182. The van der Waals surface area contributed by atoms with Crippen molar-refractivity contribution in [3.63, 3.8) is 0 Å². The van der Waals surface area contributed by atoms with Crippen LogP contribution in [0.1, 0.15) is 18.1 Å². The van der Waals surface area contributed by atoms with E-state index in [1.165, 1.54) is 7.05 Å². The number of nitrogens with one attached hydrogen (secondary N) is 1. The molecule has 0 aliphatic carbocycles. The molecule has 0 atom stereocenters. The normalized spacial score (nSPS) is 11.1. The van der Waals surface area contributed by atoms with Crippen LogP contribution in [0.5, 0.6) is 23.3 Å². The first-order valence-corrected chi connectivity index (χ1v) is 9.96. The zero-order chi connectivity index (χ0) is 23.1. The van der Waals surface area contributed by atoms with Gasteiger partial charge in [0.05, 0.1) is 5.56 Å². The van der Waals surface area contributed by atoms with Crippen LogP contribution in [0.3, 0.4) is 0 Å². The van der Waals surface area contributed by atoms with Crippen molar-refractivity contribution in [2.45, 2.75) is 13.8 Å². The van der Waals surface area contributed by atoms with Crippen LogP contribution < -0.4 is 14.8 Å². The Labute approximate surface area is 189 Å². The minimum atomic E-state index is -0.926. The van der Waals surface area contributed by atoms with E-state index in [1.807, 2.05) is 0 Å². The summed E-state index contributed by atoms with van der Waals surface area (Å²) in [5, 5.41) is 6.82. The first-order valence-electron chi connectivity index (χ1n) is 9.59. The van der Waals surface area contributed by atoms with Crippen LogP contribution in [0, 0.1) is 12.7 Å². The summed E-state index contributed by atoms with van der Waals surface area (Å²) in [6.45, 7) is 3.73. The van der Waals surface area contributed by atoms with Gasteiger partial charge in [0.1, 0.15) is 24.4 Å². The maximum Gasteiger partial charge on any atom is 0.273 e. The number of benzene rings is 2. The van der Waals surface area contributed by atoms with Gasteiger partial charge in [-0.25, -0.2) is 0 Å². The first kappa shape index (κ1) is 23.0. The van der Waals surface area contributed by atoms with Crippen molar-refractivity contribution >= 4 is 23.2 Å². The molecule has 1 amide bonds. The number of ether oxygens (including phenoxy) is 2. The lowest BCUT2D eigenvalue weighted by atomic mass is 10.1. The van der Waals surface area contributed by atoms with E-state index in [-0.39, 0.29) is 29.5 Å². The Balaban J connectivity index is 1.96. The molecule has 3 aromatic rings. The number of carbonyl (C=O) groups is 1. The second-order valence-electron chi connectivity index (χ2n) is 6.30. The van der Waals surface area contributed by atoms with Crippen molar-refractivity contribution in [3.8, 4) is 23.3 Å². The Hall–Kier alpha value is -3.72. The van der Waals surface area contributed by atoms with Crippen molar-refractivity contribution in [1.29, 1.82) is 0 Å². The van der Waals surface area contributed by atoms with Crippen LogP contribution in [-0.2, 0) is 9.63 Å². The van der Waals surface area contributed by atoms with E-state index in [0.717, 1.165) is 6.33 Å². The molecule has 0 saturated carbocycles. The van der Waals surface area contributed by atoms with Gasteiger partial charge in [-0.3, -0.25) is 4.79 Å². The first-order chi connectivity index (χ1) is 15.5. The summed E-state index contributed by atoms with van der Waals surface area (Å²) in [6.07, 6.45) is 1.10. The molecule has 10 heteroatoms. The molecule has 0 saturated heterocycles. The Kier molecular flexibility index (Phi) is 7.56. The quantitative estimate of drug-likeness (QED) is 0.390. The largest absolute Gasteiger partial charge is 0.436 e. The topological polar surface area (TPSA) is 94.9 Å². The van der Waals surface area contributed by atoms with E-state index in [1.54, 1.807) is 56.3 Å². The lowest BCUT2D eigenvalue weighted by Crippen LogP contribution is -2.29. The average molecular weight is 459 g/mol. The molecule has 1 aromatic heterocycles. The van der Waals surface area contributed by atoms with E-state index >= 15 is 4.39 Å². The molecule has 0 fully saturated rings. The summed E-state index contributed by atoms with van der Waals surface area (Å²) in [5.41, 5.74) is 0.874. The summed E-state index contributed by atoms with van der Waals surface area (Å²) in [4.78, 5) is 25.1. The highest BCUT2D eigenvalue weighted by Crippen LogP contribution is 2.33. The number of hydrogen-bond acceptors (Lipinski definition) is 7. The van der Waals surface area contributed by atoms with Crippen LogP contribution in [-0.4, -0.2) is 35.2 Å². The van der Waals surface area contributed by atoms with Crippen molar-refractivity contribution in [3.05, 3.63) is 70.8 Å². The number of aromatic nitrogens is 2. The van der Waals surface area contributed by atoms with E-state index in [2.05, 4.69) is 20.4 Å². The van der Waals surface area contributed by atoms with Gasteiger partial charge in [-0.2, -0.15) is 14.4 Å². The van der Waals surface area contributed by atoms with E-state index in [9.17, 15) is 4.79 Å². The van der Waals surface area contributed by atoms with Crippen LogP contribution in [0.25, 0.3) is 0 Å². The highest BCUT2D eigenvalue weighted by molar-refractivity contribution is 6.45. The molecular formula is C22H20ClFN4O4. The molecule has 0 radical (unpaired) electrons. The summed E-state index contributed by atoms with van der Waals surface area (Å²) in [6, 6.07) is 11.5. The monoisotopic (exact) mass is 458 g/mol. The Morgan fingerprint density at radius 3 is 2.44 bits per heavy atom. The van der Waals surface area contributed by atoms with Gasteiger partial charge in [0, 0.05) is 17.6 Å². The van der Waals surface area contributed by atoms with E-state index in [4.69, 9.17) is 25.9 Å². The Morgan fingerprint density at radius 2 is 1.75 bits per heavy atom. The molecule has 0 aliphatic heterocycles. The van der Waals surface area contributed by atoms with Gasteiger partial charge in [0.25, 0.3) is 17.7 Å². The second-order valence-corrected chi connectivity index (χ2v) is 6.71. The van der Waals surface area contributed by atoms with Gasteiger partial charge in [0.2, 0.25) is 5.82 Å². The van der Waals surface area contributed by atoms with Crippen molar-refractivity contribution < 1.29 is 23.5 Å². The number of oxime groups is 1. The molecule has 1 heterocycles. The lowest BCUT2D eigenvalue weighted by Gasteiger charge is -2.13. The minimum Gasteiger partial charge on any atom is -0.436 e. The van der Waals surface area contributed by atoms with Gasteiger partial charge >= 0.3 is 0 Å². The zero-order valence-corrected chi connectivity index (χ0v) is 18.3. The summed E-state index contributed by atoms with van der Waals surface area (Å²) < 4.78 is 26.4. The van der Waals surface area contributed by atoms with E-state index in [0.29, 0.717) is 16.3 Å². The predicted molar refractivity (Wildman–Crippen MR) is 117 cm³/mol. The molecular weight excluding hydrogens is 439 g/mol. The van der Waals surface area contributed by atoms with Gasteiger partial charge < -0.3 is 19.6 Å². The molecule has 8 nitrogen and oxygen atoms in total. The number of nitrogens with zero attached hydrogens (tertiary/aromatic N) is 3. The maximum atomic E-state index is 15.1. The molecule has 1 N–H and O–H groups in total. The molecule has 3 rings (SSSR count). The van der Waals surface area contributed by atoms with Crippen molar-refractivity contribution in [2.24, 2.45) is 5.16 Å². The molecule has 0 aliphatic rings. The SMILES string of the molecule is CCON=C(C(=O)NC)c1ccccc1Oc1ncnc(Oc2cccc(Cl)c2C)c1F. The van der Waals surface area contributed by atoms with Crippen LogP contribution in [0.15, 0.2) is 53.9 Å². The van der Waals surface area contributed by atoms with E-state index < -0.39 is 17.6 Å². The van der Waals surface area contributed by atoms with Crippen LogP contribution >= 0.6 is 11.6 Å². The molecule has 0 bridgehead atoms. The molecule has 2 aromatic carbocycles. The maximum absolute atomic E-state index is 15.1. The minimum absolute atomic E-state index is 0.0366. The van der Waals surface area contributed by atoms with Gasteiger partial charge in [-0.1, -0.05) is 35.0 Å². The number of amides is 1. The standard InChI is InChI=1S/C22H20ClFN4O4/c1-4-30-28-19(20(29)25-3)14-8-5-6-10-17(14)32-22-18(24)21(26-12-27-22)31-16-11-7-9-15(23)13(16)2/h5-12H,4H2,1-3H3,(H,25,29). The van der Waals surface area contributed by atoms with Gasteiger partial charge in [-0.05, 0) is 38.1 Å². The number of carbonyl (C=O) groups excluding carboxylic acids is 1. The number of halogens is 2. The third kappa shape index (κ3) is 5.12. The lowest BCUT2D eigenvalue weighted by molar-refractivity contribution is -0.114. The van der Waals surface area contributed by atoms with Gasteiger partial charge in [-0.15, -0.1) is 0 Å². The zero-order valence-electron chi connectivity index (χ0n) is 17.6. The highest BCUT2D eigenvalue weighted by atomic mass is 35.5. The predicted octanol–water partition coefficient (Wildman–Crippen LogP) is 4.65. The fourth-order valence-electron chi connectivity index (χ4n) is 2.60. The molecule has 32 heavy (non-hydrogen) atoms. The second kappa shape index (κ2) is 10.5. The van der Waals surface area contributed by atoms with Crippen LogP contribution in [0.4, 0.5) is 4.39 Å². The number of rotatable bonds is 8. The fourth-order valence-corrected chi connectivity index (χ4v) is 2.77. The summed E-state index contributed by atoms with van der Waals surface area (Å²) >= 11 is 6.09. The Bertz CT molecular complexity index is 1160. The number of hydrogen-bond donors (Lipinski definition) is 1. The smallest absolute Gasteiger partial charge is 0.273 e. The Morgan fingerprint density at radius 1 is 1.09 bits per heavy atom. The summed E-state index contributed by atoms with van der Waals surface area (Å²) in [7, 11) is 1.46. The van der Waals surface area contributed by atoms with Crippen molar-refractivity contribution in [2.75, 3.05) is 13.7 Å². The number of likely N-dealkylation sites (N-methyl/N-ethyl adjacent to an activating group) is 1.